The minimum atomic E-state index is -0.578. The van der Waals surface area contributed by atoms with Crippen LogP contribution in [0.4, 0.5) is 0 Å². The molecule has 0 aromatic heterocycles. The average molecular weight is 272 g/mol. The molecule has 20 heavy (non-hydrogen) atoms. The molecular formula is C19H28O. The zero-order valence-corrected chi connectivity index (χ0v) is 12.9. The quantitative estimate of drug-likeness (QED) is 0.822. The van der Waals surface area contributed by atoms with Crippen molar-refractivity contribution >= 4 is 0 Å². The molecule has 2 aliphatic carbocycles. The minimum Gasteiger partial charge on any atom is -0.385 e. The van der Waals surface area contributed by atoms with Crippen LogP contribution < -0.4 is 0 Å². The fourth-order valence-corrected chi connectivity index (χ4v) is 3.93. The molecule has 1 aromatic carbocycles. The summed E-state index contributed by atoms with van der Waals surface area (Å²) in [7, 11) is 0. The minimum absolute atomic E-state index is 0.578. The van der Waals surface area contributed by atoms with Crippen molar-refractivity contribution in [3.05, 3.63) is 35.4 Å². The van der Waals surface area contributed by atoms with E-state index in [9.17, 15) is 5.11 Å². The Labute approximate surface area is 123 Å². The van der Waals surface area contributed by atoms with E-state index in [1.165, 1.54) is 31.2 Å². The summed E-state index contributed by atoms with van der Waals surface area (Å²) >= 11 is 0. The summed E-state index contributed by atoms with van der Waals surface area (Å²) in [6.45, 7) is 4.58. The number of hydrogen-bond donors (Lipinski definition) is 1. The van der Waals surface area contributed by atoms with Crippen LogP contribution in [0.5, 0.6) is 0 Å². The molecule has 0 spiro atoms. The van der Waals surface area contributed by atoms with Gasteiger partial charge in [-0.2, -0.15) is 0 Å². The van der Waals surface area contributed by atoms with Gasteiger partial charge >= 0.3 is 0 Å². The largest absolute Gasteiger partial charge is 0.385 e. The van der Waals surface area contributed by atoms with Crippen molar-refractivity contribution in [1.82, 2.24) is 0 Å². The molecular weight excluding hydrogens is 244 g/mol. The predicted molar refractivity (Wildman–Crippen MR) is 83.7 cm³/mol. The molecule has 2 saturated carbocycles. The maximum Gasteiger partial charge on any atom is 0.0899 e. The summed E-state index contributed by atoms with van der Waals surface area (Å²) in [6.07, 6.45) is 8.38. The van der Waals surface area contributed by atoms with Crippen molar-refractivity contribution in [2.24, 2.45) is 11.8 Å². The molecule has 2 aliphatic rings. The van der Waals surface area contributed by atoms with Crippen molar-refractivity contribution < 1.29 is 5.11 Å². The first-order valence-corrected chi connectivity index (χ1v) is 8.41. The Bertz CT molecular complexity index is 443. The first-order chi connectivity index (χ1) is 9.58. The van der Waals surface area contributed by atoms with Crippen LogP contribution in [0.25, 0.3) is 0 Å². The van der Waals surface area contributed by atoms with Gasteiger partial charge in [-0.1, -0.05) is 44.5 Å². The van der Waals surface area contributed by atoms with Gasteiger partial charge < -0.3 is 5.11 Å². The van der Waals surface area contributed by atoms with E-state index >= 15 is 0 Å². The Hall–Kier alpha value is -0.820. The lowest BCUT2D eigenvalue weighted by Crippen LogP contribution is -2.34. The van der Waals surface area contributed by atoms with Crippen LogP contribution in [0.2, 0.25) is 0 Å². The van der Waals surface area contributed by atoms with Crippen LogP contribution in [-0.2, 0) is 5.60 Å². The average Bonchev–Trinajstić information content (AvgIpc) is 2.37. The second-order valence-corrected chi connectivity index (χ2v) is 7.38. The Balaban J connectivity index is 1.76. The molecule has 110 valence electrons. The smallest absolute Gasteiger partial charge is 0.0899 e. The molecule has 0 radical (unpaired) electrons. The fourth-order valence-electron chi connectivity index (χ4n) is 3.93. The topological polar surface area (TPSA) is 20.2 Å². The highest BCUT2D eigenvalue weighted by Crippen LogP contribution is 2.43. The molecule has 0 saturated heterocycles. The van der Waals surface area contributed by atoms with Crippen molar-refractivity contribution in [1.29, 1.82) is 0 Å². The van der Waals surface area contributed by atoms with E-state index in [-0.39, 0.29) is 0 Å². The molecule has 0 bridgehead atoms. The highest BCUT2D eigenvalue weighted by Gasteiger charge is 2.36. The van der Waals surface area contributed by atoms with Crippen molar-refractivity contribution in [2.45, 2.75) is 70.3 Å². The van der Waals surface area contributed by atoms with E-state index in [1.54, 1.807) is 0 Å². The second-order valence-electron chi connectivity index (χ2n) is 7.38. The van der Waals surface area contributed by atoms with Gasteiger partial charge in [-0.25, -0.2) is 0 Å². The summed E-state index contributed by atoms with van der Waals surface area (Å²) in [4.78, 5) is 0. The van der Waals surface area contributed by atoms with E-state index in [1.807, 2.05) is 0 Å². The summed E-state index contributed by atoms with van der Waals surface area (Å²) in [5.74, 6) is 2.13. The van der Waals surface area contributed by atoms with E-state index in [4.69, 9.17) is 0 Å². The molecule has 2 atom stereocenters. The molecule has 2 fully saturated rings. The summed E-state index contributed by atoms with van der Waals surface area (Å²) in [5, 5.41) is 11.1. The number of rotatable bonds is 3. The van der Waals surface area contributed by atoms with Crippen molar-refractivity contribution in [3.8, 4) is 0 Å². The van der Waals surface area contributed by atoms with Crippen LogP contribution in [0.3, 0.4) is 0 Å². The molecule has 2 unspecified atom stereocenters. The van der Waals surface area contributed by atoms with Crippen LogP contribution in [-0.4, -0.2) is 5.11 Å². The van der Waals surface area contributed by atoms with Crippen LogP contribution >= 0.6 is 0 Å². The summed E-state index contributed by atoms with van der Waals surface area (Å²) in [5.41, 5.74) is 2.04. The summed E-state index contributed by atoms with van der Waals surface area (Å²) in [6, 6.07) is 8.90. The van der Waals surface area contributed by atoms with Crippen molar-refractivity contribution in [2.75, 3.05) is 0 Å². The van der Waals surface area contributed by atoms with Gasteiger partial charge in [-0.3, -0.25) is 0 Å². The molecule has 1 aromatic rings. The zero-order valence-electron chi connectivity index (χ0n) is 12.9. The lowest BCUT2D eigenvalue weighted by Gasteiger charge is -2.39. The predicted octanol–water partition coefficient (Wildman–Crippen LogP) is 4.99. The SMILES string of the molecule is CC(C)C1CCCC(O)(c2ccc(C3CCC3)cc2)C1. The summed E-state index contributed by atoms with van der Waals surface area (Å²) < 4.78 is 0. The Kier molecular flexibility index (Phi) is 3.90. The van der Waals surface area contributed by atoms with Crippen LogP contribution in [0.1, 0.15) is 75.8 Å². The van der Waals surface area contributed by atoms with E-state index in [0.717, 1.165) is 30.7 Å². The van der Waals surface area contributed by atoms with Gasteiger partial charge in [0.25, 0.3) is 0 Å². The molecule has 3 rings (SSSR count). The number of hydrogen-bond acceptors (Lipinski definition) is 1. The van der Waals surface area contributed by atoms with E-state index in [2.05, 4.69) is 38.1 Å². The van der Waals surface area contributed by atoms with Crippen molar-refractivity contribution in [3.63, 3.8) is 0 Å². The fraction of sp³-hybridized carbons (Fsp3) is 0.684. The lowest BCUT2D eigenvalue weighted by molar-refractivity contribution is -0.0295. The molecule has 0 amide bonds. The Morgan fingerprint density at radius 1 is 1.05 bits per heavy atom. The zero-order chi connectivity index (χ0) is 14.2. The van der Waals surface area contributed by atoms with Gasteiger partial charge in [0.05, 0.1) is 5.60 Å². The maximum absolute atomic E-state index is 11.1. The molecule has 0 aliphatic heterocycles. The first kappa shape index (κ1) is 14.1. The third-order valence-corrected chi connectivity index (χ3v) is 5.73. The van der Waals surface area contributed by atoms with Gasteiger partial charge in [0.1, 0.15) is 0 Å². The third-order valence-electron chi connectivity index (χ3n) is 5.73. The Morgan fingerprint density at radius 2 is 1.75 bits per heavy atom. The van der Waals surface area contributed by atoms with E-state index < -0.39 is 5.60 Å². The normalized spacial score (nSPS) is 31.3. The number of benzene rings is 1. The highest BCUT2D eigenvalue weighted by atomic mass is 16.3. The van der Waals surface area contributed by atoms with Gasteiger partial charge in [0.2, 0.25) is 0 Å². The van der Waals surface area contributed by atoms with E-state index in [0.29, 0.717) is 11.8 Å². The maximum atomic E-state index is 11.1. The number of aliphatic hydroxyl groups is 1. The highest BCUT2D eigenvalue weighted by molar-refractivity contribution is 5.30. The van der Waals surface area contributed by atoms with Gasteiger partial charge in [0, 0.05) is 0 Å². The lowest BCUT2D eigenvalue weighted by atomic mass is 9.70. The third kappa shape index (κ3) is 2.65. The first-order valence-electron chi connectivity index (χ1n) is 8.41. The molecule has 0 heterocycles. The van der Waals surface area contributed by atoms with Gasteiger partial charge in [0.15, 0.2) is 0 Å². The van der Waals surface area contributed by atoms with Crippen LogP contribution in [0.15, 0.2) is 24.3 Å². The molecule has 1 heteroatoms. The van der Waals surface area contributed by atoms with Gasteiger partial charge in [-0.15, -0.1) is 0 Å². The van der Waals surface area contributed by atoms with Crippen LogP contribution in [0, 0.1) is 11.8 Å². The molecule has 1 nitrogen and oxygen atoms in total. The Morgan fingerprint density at radius 3 is 2.30 bits per heavy atom. The van der Waals surface area contributed by atoms with Gasteiger partial charge in [-0.05, 0) is 67.4 Å². The second kappa shape index (κ2) is 5.52. The monoisotopic (exact) mass is 272 g/mol. The molecule has 1 N–H and O–H groups in total. The standard InChI is InChI=1S/C19H28O/c1-14(2)17-7-4-12-19(20,13-17)18-10-8-16(9-11-18)15-5-3-6-15/h8-11,14-15,17,20H,3-7,12-13H2,1-2H3.